The number of anilines is 1. The lowest BCUT2D eigenvalue weighted by atomic mass is 9.80. The zero-order valence-corrected chi connectivity index (χ0v) is 14.5. The maximum absolute atomic E-state index is 14.5. The van der Waals surface area contributed by atoms with Gasteiger partial charge in [-0.2, -0.15) is 0 Å². The largest absolute Gasteiger partial charge is 0.508 e. The number of fused-ring (bicyclic) bond motifs is 1. The minimum absolute atomic E-state index is 0.00995. The van der Waals surface area contributed by atoms with E-state index in [1.165, 1.54) is 6.21 Å². The number of aromatic hydroxyl groups is 1. The maximum atomic E-state index is 14.5. The van der Waals surface area contributed by atoms with Crippen LogP contribution in [0.15, 0.2) is 41.4 Å². The highest BCUT2D eigenvalue weighted by Crippen LogP contribution is 2.43. The lowest BCUT2D eigenvalue weighted by Gasteiger charge is -2.45. The number of rotatable bonds is 2. The molecule has 2 aromatic carbocycles. The number of halogens is 1. The first-order valence-corrected chi connectivity index (χ1v) is 8.18. The first-order valence-electron chi connectivity index (χ1n) is 8.18. The van der Waals surface area contributed by atoms with E-state index in [2.05, 4.69) is 30.7 Å². The van der Waals surface area contributed by atoms with Crippen LogP contribution in [0.4, 0.5) is 15.8 Å². The highest BCUT2D eigenvalue weighted by Gasteiger charge is 2.34. The van der Waals surface area contributed by atoms with Crippen molar-refractivity contribution >= 4 is 17.6 Å². The molecule has 0 bridgehead atoms. The topological polar surface area (TPSA) is 35.8 Å². The van der Waals surface area contributed by atoms with Crippen molar-refractivity contribution in [3.05, 3.63) is 53.3 Å². The number of phenols is 1. The van der Waals surface area contributed by atoms with E-state index in [-0.39, 0.29) is 17.1 Å². The van der Waals surface area contributed by atoms with Gasteiger partial charge in [-0.3, -0.25) is 4.99 Å². The molecule has 126 valence electrons. The fraction of sp³-hybridized carbons (Fsp3) is 0.350. The Morgan fingerprint density at radius 1 is 1.29 bits per heavy atom. The molecule has 0 saturated heterocycles. The van der Waals surface area contributed by atoms with E-state index in [1.54, 1.807) is 30.3 Å². The Bertz CT molecular complexity index is 798. The molecule has 1 atom stereocenters. The van der Waals surface area contributed by atoms with E-state index in [1.807, 2.05) is 13.1 Å². The van der Waals surface area contributed by atoms with E-state index in [4.69, 9.17) is 0 Å². The van der Waals surface area contributed by atoms with Gasteiger partial charge in [-0.05, 0) is 56.0 Å². The van der Waals surface area contributed by atoms with Gasteiger partial charge in [-0.1, -0.05) is 13.0 Å². The van der Waals surface area contributed by atoms with Crippen molar-refractivity contribution in [2.24, 2.45) is 4.99 Å². The molecule has 1 unspecified atom stereocenters. The Morgan fingerprint density at radius 2 is 2.04 bits per heavy atom. The Balaban J connectivity index is 1.99. The lowest BCUT2D eigenvalue weighted by molar-refractivity contribution is 0.394. The fourth-order valence-corrected chi connectivity index (χ4v) is 3.42. The molecule has 1 aliphatic heterocycles. The Labute approximate surface area is 142 Å². The molecule has 0 aliphatic carbocycles. The molecule has 1 aliphatic rings. The van der Waals surface area contributed by atoms with Gasteiger partial charge >= 0.3 is 0 Å². The third kappa shape index (κ3) is 3.01. The van der Waals surface area contributed by atoms with Crippen molar-refractivity contribution in [1.82, 2.24) is 0 Å². The second-order valence-electron chi connectivity index (χ2n) is 7.19. The van der Waals surface area contributed by atoms with Crippen LogP contribution in [0.1, 0.15) is 44.2 Å². The minimum atomic E-state index is -0.283. The van der Waals surface area contributed by atoms with E-state index < -0.39 is 0 Å². The summed E-state index contributed by atoms with van der Waals surface area (Å²) in [6, 6.07) is 10.1. The van der Waals surface area contributed by atoms with Crippen molar-refractivity contribution in [2.45, 2.75) is 38.6 Å². The van der Waals surface area contributed by atoms with Gasteiger partial charge in [0.2, 0.25) is 0 Å². The van der Waals surface area contributed by atoms with Crippen LogP contribution in [0, 0.1) is 5.82 Å². The summed E-state index contributed by atoms with van der Waals surface area (Å²) in [7, 11) is 2.02. The van der Waals surface area contributed by atoms with E-state index >= 15 is 0 Å². The number of phenolic OH excluding ortho intramolecular Hbond substituents is 1. The van der Waals surface area contributed by atoms with Gasteiger partial charge in [0.05, 0.1) is 5.69 Å². The Kier molecular flexibility index (Phi) is 4.08. The SMILES string of the molecule is CC1CC(C)(C)N(C)c2cc(F)c(C=Nc3cccc(O)c3)cc21. The van der Waals surface area contributed by atoms with Gasteiger partial charge < -0.3 is 10.0 Å². The molecule has 0 radical (unpaired) electrons. The monoisotopic (exact) mass is 326 g/mol. The van der Waals surface area contributed by atoms with Crippen molar-refractivity contribution in [3.63, 3.8) is 0 Å². The van der Waals surface area contributed by atoms with Crippen LogP contribution in [0.5, 0.6) is 5.75 Å². The molecule has 0 saturated carbocycles. The standard InChI is InChI=1S/C20H23FN2O/c1-13-11-20(2,3)23(4)19-10-18(21)14(8-17(13)19)12-22-15-6-5-7-16(24)9-15/h5-10,12-13,24H,11H2,1-4H3. The highest BCUT2D eigenvalue weighted by atomic mass is 19.1. The van der Waals surface area contributed by atoms with Crippen LogP contribution in [0.25, 0.3) is 0 Å². The molecule has 3 rings (SSSR count). The lowest BCUT2D eigenvalue weighted by Crippen LogP contribution is -2.45. The maximum Gasteiger partial charge on any atom is 0.134 e. The van der Waals surface area contributed by atoms with Crippen LogP contribution >= 0.6 is 0 Å². The summed E-state index contributed by atoms with van der Waals surface area (Å²) < 4.78 is 14.5. The smallest absolute Gasteiger partial charge is 0.134 e. The van der Waals surface area contributed by atoms with Crippen molar-refractivity contribution in [1.29, 1.82) is 0 Å². The summed E-state index contributed by atoms with van der Waals surface area (Å²) >= 11 is 0. The summed E-state index contributed by atoms with van der Waals surface area (Å²) in [4.78, 5) is 6.44. The molecule has 4 heteroatoms. The van der Waals surface area contributed by atoms with Crippen molar-refractivity contribution < 1.29 is 9.50 Å². The Morgan fingerprint density at radius 3 is 2.75 bits per heavy atom. The number of aliphatic imine (C=N–C) groups is 1. The van der Waals surface area contributed by atoms with Gasteiger partial charge in [0.15, 0.2) is 0 Å². The summed E-state index contributed by atoms with van der Waals surface area (Å²) in [5.41, 5.74) is 3.17. The third-order valence-electron chi connectivity index (χ3n) is 4.93. The average molecular weight is 326 g/mol. The molecule has 3 nitrogen and oxygen atoms in total. The van der Waals surface area contributed by atoms with E-state index in [0.29, 0.717) is 17.2 Å². The van der Waals surface area contributed by atoms with Crippen molar-refractivity contribution in [3.8, 4) is 5.75 Å². The molecule has 1 heterocycles. The van der Waals surface area contributed by atoms with Crippen LogP contribution in [0.2, 0.25) is 0 Å². The van der Waals surface area contributed by atoms with E-state index in [0.717, 1.165) is 17.7 Å². The second kappa shape index (κ2) is 5.93. The van der Waals surface area contributed by atoms with Crippen LogP contribution in [0.3, 0.4) is 0 Å². The summed E-state index contributed by atoms with van der Waals surface area (Å²) in [5.74, 6) is 0.224. The van der Waals surface area contributed by atoms with Gasteiger partial charge in [-0.25, -0.2) is 4.39 Å². The van der Waals surface area contributed by atoms with E-state index in [9.17, 15) is 9.50 Å². The number of nitrogens with zero attached hydrogens (tertiary/aromatic N) is 2. The number of benzene rings is 2. The van der Waals surface area contributed by atoms with Gasteiger partial charge in [0.1, 0.15) is 11.6 Å². The molecular formula is C20H23FN2O. The molecule has 0 aromatic heterocycles. The van der Waals surface area contributed by atoms with Gasteiger partial charge in [0, 0.05) is 36.1 Å². The molecular weight excluding hydrogens is 303 g/mol. The third-order valence-corrected chi connectivity index (χ3v) is 4.93. The zero-order chi connectivity index (χ0) is 17.5. The zero-order valence-electron chi connectivity index (χ0n) is 14.5. The molecule has 0 amide bonds. The molecule has 24 heavy (non-hydrogen) atoms. The molecule has 0 spiro atoms. The van der Waals surface area contributed by atoms with Crippen molar-refractivity contribution in [2.75, 3.05) is 11.9 Å². The molecule has 0 fully saturated rings. The summed E-state index contributed by atoms with van der Waals surface area (Å²) in [5, 5.41) is 9.48. The first-order chi connectivity index (χ1) is 11.3. The Hall–Kier alpha value is -2.36. The average Bonchev–Trinajstić information content (AvgIpc) is 2.51. The molecule has 1 N–H and O–H groups in total. The summed E-state index contributed by atoms with van der Waals surface area (Å²) in [6.07, 6.45) is 2.54. The molecule has 2 aromatic rings. The second-order valence-corrected chi connectivity index (χ2v) is 7.19. The number of hydrogen-bond acceptors (Lipinski definition) is 3. The van der Waals surface area contributed by atoms with Gasteiger partial charge in [0.25, 0.3) is 0 Å². The predicted molar refractivity (Wildman–Crippen MR) is 97.3 cm³/mol. The highest BCUT2D eigenvalue weighted by molar-refractivity contribution is 5.84. The van der Waals surface area contributed by atoms with Crippen LogP contribution in [-0.4, -0.2) is 23.9 Å². The van der Waals surface area contributed by atoms with Crippen LogP contribution < -0.4 is 4.90 Å². The quantitative estimate of drug-likeness (QED) is 0.788. The summed E-state index contributed by atoms with van der Waals surface area (Å²) in [6.45, 7) is 6.55. The van der Waals surface area contributed by atoms with Gasteiger partial charge in [-0.15, -0.1) is 0 Å². The minimum Gasteiger partial charge on any atom is -0.508 e. The normalized spacial score (nSPS) is 19.5. The first kappa shape index (κ1) is 16.5. The number of hydrogen-bond donors (Lipinski definition) is 1. The predicted octanol–water partition coefficient (Wildman–Crippen LogP) is 5.00. The fourth-order valence-electron chi connectivity index (χ4n) is 3.42. The van der Waals surface area contributed by atoms with Crippen LogP contribution in [-0.2, 0) is 0 Å².